The predicted octanol–water partition coefficient (Wildman–Crippen LogP) is 2.59. The van der Waals surface area contributed by atoms with Crippen LogP contribution in [0.3, 0.4) is 0 Å². The fourth-order valence-electron chi connectivity index (χ4n) is 1.71. The summed E-state index contributed by atoms with van der Waals surface area (Å²) < 4.78 is 30.8. The van der Waals surface area contributed by atoms with E-state index in [1.807, 2.05) is 36.0 Å². The van der Waals surface area contributed by atoms with E-state index in [-0.39, 0.29) is 11.5 Å². The maximum atomic E-state index is 11.9. The third-order valence-corrected chi connectivity index (χ3v) is 4.10. The van der Waals surface area contributed by atoms with Crippen molar-refractivity contribution in [3.8, 4) is 0 Å². The van der Waals surface area contributed by atoms with Gasteiger partial charge in [0.05, 0.1) is 11.5 Å². The minimum atomic E-state index is -3.63. The van der Waals surface area contributed by atoms with Crippen molar-refractivity contribution in [2.75, 3.05) is 6.61 Å². The van der Waals surface area contributed by atoms with Crippen LogP contribution in [-0.4, -0.2) is 19.6 Å². The van der Waals surface area contributed by atoms with Crippen molar-refractivity contribution >= 4 is 10.1 Å². The largest absolute Gasteiger partial charge is 0.354 e. The van der Waals surface area contributed by atoms with Gasteiger partial charge in [0, 0.05) is 18.9 Å². The number of hydrogen-bond donors (Lipinski definition) is 0. The maximum absolute atomic E-state index is 11.9. The van der Waals surface area contributed by atoms with Crippen LogP contribution in [0.4, 0.5) is 0 Å². The van der Waals surface area contributed by atoms with Crippen LogP contribution >= 0.6 is 0 Å². The second kappa shape index (κ2) is 6.04. The van der Waals surface area contributed by atoms with Crippen LogP contribution in [0.2, 0.25) is 0 Å². The topological polar surface area (TPSA) is 48.3 Å². The first kappa shape index (κ1) is 13.8. The van der Waals surface area contributed by atoms with Gasteiger partial charge in [0.15, 0.2) is 0 Å². The molecule has 0 aliphatic rings. The first-order chi connectivity index (χ1) is 9.08. The molecule has 4 nitrogen and oxygen atoms in total. The highest BCUT2D eigenvalue weighted by Gasteiger charge is 2.14. The molecule has 0 saturated heterocycles. The summed E-state index contributed by atoms with van der Waals surface area (Å²) in [6.45, 7) is 2.85. The molecule has 1 aromatic heterocycles. The van der Waals surface area contributed by atoms with Crippen LogP contribution in [0.15, 0.2) is 53.7 Å². The molecule has 0 radical (unpaired) electrons. The molecule has 2 rings (SSSR count). The van der Waals surface area contributed by atoms with E-state index in [0.717, 1.165) is 12.1 Å². The Labute approximate surface area is 113 Å². The summed E-state index contributed by atoms with van der Waals surface area (Å²) in [6.07, 6.45) is 4.53. The maximum Gasteiger partial charge on any atom is 0.296 e. The lowest BCUT2D eigenvalue weighted by atomic mass is 10.2. The molecule has 1 heterocycles. The van der Waals surface area contributed by atoms with E-state index >= 15 is 0 Å². The van der Waals surface area contributed by atoms with Gasteiger partial charge in [0.1, 0.15) is 0 Å². The quantitative estimate of drug-likeness (QED) is 0.603. The summed E-state index contributed by atoms with van der Waals surface area (Å²) in [7, 11) is -3.63. The highest BCUT2D eigenvalue weighted by Crippen LogP contribution is 2.13. The lowest BCUT2D eigenvalue weighted by Crippen LogP contribution is -2.09. The van der Waals surface area contributed by atoms with Crippen LogP contribution in [0.5, 0.6) is 0 Å². The van der Waals surface area contributed by atoms with E-state index in [4.69, 9.17) is 4.18 Å². The highest BCUT2D eigenvalue weighted by atomic mass is 32.2. The van der Waals surface area contributed by atoms with Gasteiger partial charge in [-0.3, -0.25) is 4.18 Å². The summed E-state index contributed by atoms with van der Waals surface area (Å²) in [5.74, 6) is 0. The number of aromatic nitrogens is 1. The minimum Gasteiger partial charge on any atom is -0.354 e. The van der Waals surface area contributed by atoms with Crippen molar-refractivity contribution in [1.82, 2.24) is 4.57 Å². The molecule has 0 saturated carbocycles. The first-order valence-corrected chi connectivity index (χ1v) is 7.56. The summed E-state index contributed by atoms with van der Waals surface area (Å²) >= 11 is 0. The lowest BCUT2D eigenvalue weighted by molar-refractivity contribution is 0.304. The zero-order chi connectivity index (χ0) is 13.7. The van der Waals surface area contributed by atoms with Gasteiger partial charge in [-0.05, 0) is 37.6 Å². The molecule has 0 aliphatic carbocycles. The van der Waals surface area contributed by atoms with Gasteiger partial charge >= 0.3 is 0 Å². The highest BCUT2D eigenvalue weighted by molar-refractivity contribution is 7.86. The number of rotatable bonds is 6. The average Bonchev–Trinajstić information content (AvgIpc) is 2.88. The van der Waals surface area contributed by atoms with Gasteiger partial charge < -0.3 is 4.57 Å². The molecule has 19 heavy (non-hydrogen) atoms. The number of benzene rings is 1. The Bertz CT molecular complexity index is 601. The summed E-state index contributed by atoms with van der Waals surface area (Å²) in [5.41, 5.74) is 1.02. The Morgan fingerprint density at radius 2 is 1.74 bits per heavy atom. The Hall–Kier alpha value is -1.59. The molecule has 0 aliphatic heterocycles. The zero-order valence-corrected chi connectivity index (χ0v) is 11.6. The van der Waals surface area contributed by atoms with Gasteiger partial charge in [0.2, 0.25) is 0 Å². The van der Waals surface area contributed by atoms with Crippen LogP contribution < -0.4 is 0 Å². The molecule has 0 atom stereocenters. The molecule has 1 aromatic carbocycles. The third kappa shape index (κ3) is 3.94. The SMILES string of the molecule is Cc1ccc(S(=O)(=O)OCCCn2cccc2)cc1. The molecule has 0 spiro atoms. The van der Waals surface area contributed by atoms with Crippen LogP contribution in [-0.2, 0) is 20.8 Å². The van der Waals surface area contributed by atoms with Gasteiger partial charge in [-0.25, -0.2) is 0 Å². The molecule has 102 valence electrons. The lowest BCUT2D eigenvalue weighted by Gasteiger charge is -2.06. The van der Waals surface area contributed by atoms with Crippen molar-refractivity contribution in [3.63, 3.8) is 0 Å². The molecule has 0 fully saturated rings. The molecule has 0 unspecified atom stereocenters. The average molecular weight is 279 g/mol. The third-order valence-electron chi connectivity index (χ3n) is 2.77. The van der Waals surface area contributed by atoms with E-state index in [0.29, 0.717) is 6.42 Å². The first-order valence-electron chi connectivity index (χ1n) is 6.15. The Kier molecular flexibility index (Phi) is 4.39. The molecule has 0 amide bonds. The summed E-state index contributed by atoms with van der Waals surface area (Å²) in [4.78, 5) is 0.207. The van der Waals surface area contributed by atoms with E-state index in [1.54, 1.807) is 24.3 Å². The van der Waals surface area contributed by atoms with Crippen molar-refractivity contribution in [2.24, 2.45) is 0 Å². The Morgan fingerprint density at radius 3 is 2.37 bits per heavy atom. The number of hydrogen-bond acceptors (Lipinski definition) is 3. The second-order valence-corrected chi connectivity index (χ2v) is 5.98. The molecular weight excluding hydrogens is 262 g/mol. The van der Waals surface area contributed by atoms with Gasteiger partial charge in [0.25, 0.3) is 10.1 Å². The smallest absolute Gasteiger partial charge is 0.296 e. The molecule has 5 heteroatoms. The predicted molar refractivity (Wildman–Crippen MR) is 73.4 cm³/mol. The van der Waals surface area contributed by atoms with E-state index in [1.165, 1.54) is 0 Å². The molecular formula is C14H17NO3S. The van der Waals surface area contributed by atoms with Crippen molar-refractivity contribution in [1.29, 1.82) is 0 Å². The van der Waals surface area contributed by atoms with Gasteiger partial charge in [-0.2, -0.15) is 8.42 Å². The zero-order valence-electron chi connectivity index (χ0n) is 10.8. The summed E-state index contributed by atoms with van der Waals surface area (Å²) in [6, 6.07) is 10.5. The van der Waals surface area contributed by atoms with Crippen molar-refractivity contribution in [2.45, 2.75) is 24.8 Å². The van der Waals surface area contributed by atoms with E-state index in [2.05, 4.69) is 0 Å². The summed E-state index contributed by atoms with van der Waals surface area (Å²) in [5, 5.41) is 0. The molecule has 0 bridgehead atoms. The second-order valence-electron chi connectivity index (χ2n) is 4.36. The minimum absolute atomic E-state index is 0.189. The van der Waals surface area contributed by atoms with Crippen molar-refractivity contribution in [3.05, 3.63) is 54.4 Å². The normalized spacial score (nSPS) is 11.6. The van der Waals surface area contributed by atoms with Crippen LogP contribution in [0.1, 0.15) is 12.0 Å². The standard InChI is InChI=1S/C14H17NO3S/c1-13-5-7-14(8-6-13)19(16,17)18-12-4-11-15-9-2-3-10-15/h2-3,5-10H,4,11-12H2,1H3. The van der Waals surface area contributed by atoms with Gasteiger partial charge in [-0.1, -0.05) is 17.7 Å². The Morgan fingerprint density at radius 1 is 1.11 bits per heavy atom. The fourth-order valence-corrected chi connectivity index (χ4v) is 2.65. The molecule has 2 aromatic rings. The van der Waals surface area contributed by atoms with E-state index in [9.17, 15) is 8.42 Å². The number of aryl methyl sites for hydroxylation is 2. The van der Waals surface area contributed by atoms with Gasteiger partial charge in [-0.15, -0.1) is 0 Å². The van der Waals surface area contributed by atoms with Crippen molar-refractivity contribution < 1.29 is 12.6 Å². The Balaban J connectivity index is 1.86. The number of nitrogens with zero attached hydrogens (tertiary/aromatic N) is 1. The molecule has 0 N–H and O–H groups in total. The van der Waals surface area contributed by atoms with Crippen LogP contribution in [0.25, 0.3) is 0 Å². The fraction of sp³-hybridized carbons (Fsp3) is 0.286. The van der Waals surface area contributed by atoms with Crippen LogP contribution in [0, 0.1) is 6.92 Å². The van der Waals surface area contributed by atoms with E-state index < -0.39 is 10.1 Å². The monoisotopic (exact) mass is 279 g/mol.